The largest absolute Gasteiger partial charge is 0.496 e. The molecule has 0 saturated heterocycles. The van der Waals surface area contributed by atoms with E-state index in [-0.39, 0.29) is 5.91 Å². The van der Waals surface area contributed by atoms with Crippen LogP contribution in [0.15, 0.2) is 36.4 Å². The predicted octanol–water partition coefficient (Wildman–Crippen LogP) is 5.92. The number of hydrogen-bond donors (Lipinski definition) is 2. The maximum Gasteiger partial charge on any atom is 0.258 e. The SMILES string of the molecule is CCOc1ccc(NC(=O)c2c(NCc3cc(OC)c(OC)cc3OC)sc3c2CCCC3)cc1. The van der Waals surface area contributed by atoms with Crippen molar-refractivity contribution in [2.45, 2.75) is 39.2 Å². The standard InChI is InChI=1S/C27H32N2O5S/c1-5-34-19-12-10-18(11-13-19)29-26(30)25-20-8-6-7-9-24(20)35-27(25)28-16-17-14-22(32-3)23(33-4)15-21(17)31-2/h10-15,28H,5-9,16H2,1-4H3,(H,29,30). The Hall–Kier alpha value is -3.39. The van der Waals surface area contributed by atoms with Crippen LogP contribution < -0.4 is 29.6 Å². The highest BCUT2D eigenvalue weighted by Gasteiger charge is 2.26. The van der Waals surface area contributed by atoms with Gasteiger partial charge in [0.25, 0.3) is 5.91 Å². The maximum absolute atomic E-state index is 13.5. The van der Waals surface area contributed by atoms with Crippen LogP contribution in [0.3, 0.4) is 0 Å². The van der Waals surface area contributed by atoms with Gasteiger partial charge in [-0.25, -0.2) is 0 Å². The summed E-state index contributed by atoms with van der Waals surface area (Å²) >= 11 is 1.67. The van der Waals surface area contributed by atoms with E-state index in [0.29, 0.717) is 30.4 Å². The van der Waals surface area contributed by atoms with Crippen molar-refractivity contribution in [2.24, 2.45) is 0 Å². The van der Waals surface area contributed by atoms with Gasteiger partial charge >= 0.3 is 0 Å². The normalized spacial score (nSPS) is 12.5. The first kappa shape index (κ1) is 24.7. The van der Waals surface area contributed by atoms with Crippen LogP contribution in [0.4, 0.5) is 10.7 Å². The molecule has 0 fully saturated rings. The zero-order valence-corrected chi connectivity index (χ0v) is 21.5. The second kappa shape index (κ2) is 11.4. The van der Waals surface area contributed by atoms with Crippen LogP contribution >= 0.6 is 11.3 Å². The van der Waals surface area contributed by atoms with Crippen LogP contribution in [0.25, 0.3) is 0 Å². The Labute approximate surface area is 210 Å². The van der Waals surface area contributed by atoms with Gasteiger partial charge in [-0.15, -0.1) is 11.3 Å². The molecule has 7 nitrogen and oxygen atoms in total. The van der Waals surface area contributed by atoms with Crippen LogP contribution in [0.5, 0.6) is 23.0 Å². The molecule has 3 aromatic rings. The van der Waals surface area contributed by atoms with E-state index in [1.807, 2.05) is 43.3 Å². The van der Waals surface area contributed by atoms with E-state index >= 15 is 0 Å². The minimum Gasteiger partial charge on any atom is -0.496 e. The van der Waals surface area contributed by atoms with E-state index < -0.39 is 0 Å². The Morgan fingerprint density at radius 1 is 0.943 bits per heavy atom. The summed E-state index contributed by atoms with van der Waals surface area (Å²) < 4.78 is 21.9. The van der Waals surface area contributed by atoms with E-state index in [9.17, 15) is 4.79 Å². The number of fused-ring (bicyclic) bond motifs is 1. The molecule has 1 heterocycles. The average molecular weight is 497 g/mol. The quantitative estimate of drug-likeness (QED) is 0.363. The predicted molar refractivity (Wildman–Crippen MR) is 140 cm³/mol. The van der Waals surface area contributed by atoms with E-state index in [0.717, 1.165) is 58.8 Å². The molecular weight excluding hydrogens is 464 g/mol. The molecule has 2 aromatic carbocycles. The fraction of sp³-hybridized carbons (Fsp3) is 0.370. The maximum atomic E-state index is 13.5. The third-order valence-electron chi connectivity index (χ3n) is 6.05. The Bertz CT molecular complexity index is 1170. The van der Waals surface area contributed by atoms with Gasteiger partial charge in [-0.2, -0.15) is 0 Å². The second-order valence-corrected chi connectivity index (χ2v) is 9.30. The van der Waals surface area contributed by atoms with Gasteiger partial charge in [0.1, 0.15) is 16.5 Å². The molecule has 0 bridgehead atoms. The summed E-state index contributed by atoms with van der Waals surface area (Å²) in [6.07, 6.45) is 4.16. The van der Waals surface area contributed by atoms with Gasteiger partial charge in [-0.3, -0.25) is 4.79 Å². The molecule has 4 rings (SSSR count). The zero-order valence-electron chi connectivity index (χ0n) is 20.7. The van der Waals surface area contributed by atoms with Crippen molar-refractivity contribution < 1.29 is 23.7 Å². The fourth-order valence-corrected chi connectivity index (χ4v) is 5.61. The topological polar surface area (TPSA) is 78.1 Å². The lowest BCUT2D eigenvalue weighted by atomic mass is 9.95. The van der Waals surface area contributed by atoms with Crippen LogP contribution in [0.2, 0.25) is 0 Å². The van der Waals surface area contributed by atoms with Crippen molar-refractivity contribution in [3.05, 3.63) is 58.0 Å². The van der Waals surface area contributed by atoms with Crippen molar-refractivity contribution in [1.29, 1.82) is 0 Å². The number of ether oxygens (including phenoxy) is 4. The summed E-state index contributed by atoms with van der Waals surface area (Å²) in [7, 11) is 4.84. The number of carbonyl (C=O) groups is 1. The fourth-order valence-electron chi connectivity index (χ4n) is 4.33. The Morgan fingerprint density at radius 3 is 2.31 bits per heavy atom. The number of anilines is 2. The minimum absolute atomic E-state index is 0.102. The molecule has 1 amide bonds. The van der Waals surface area contributed by atoms with Crippen molar-refractivity contribution >= 4 is 27.9 Å². The molecule has 0 radical (unpaired) electrons. The number of carbonyl (C=O) groups excluding carboxylic acids is 1. The second-order valence-electron chi connectivity index (χ2n) is 8.20. The first-order chi connectivity index (χ1) is 17.1. The Kier molecular flexibility index (Phi) is 8.02. The summed E-state index contributed by atoms with van der Waals surface area (Å²) in [5.74, 6) is 2.61. The average Bonchev–Trinajstić information content (AvgIpc) is 3.26. The van der Waals surface area contributed by atoms with Gasteiger partial charge in [0.2, 0.25) is 0 Å². The molecule has 1 aliphatic carbocycles. The number of methoxy groups -OCH3 is 3. The Morgan fingerprint density at radius 2 is 1.63 bits per heavy atom. The first-order valence-electron chi connectivity index (χ1n) is 11.8. The van der Waals surface area contributed by atoms with Gasteiger partial charge in [-0.05, 0) is 68.5 Å². The molecule has 8 heteroatoms. The van der Waals surface area contributed by atoms with Gasteiger partial charge in [0.05, 0.1) is 33.5 Å². The van der Waals surface area contributed by atoms with Gasteiger partial charge in [-0.1, -0.05) is 0 Å². The lowest BCUT2D eigenvalue weighted by Gasteiger charge is -2.16. The lowest BCUT2D eigenvalue weighted by Crippen LogP contribution is -2.16. The number of thiophene rings is 1. The molecule has 2 N–H and O–H groups in total. The number of benzene rings is 2. The van der Waals surface area contributed by atoms with Crippen LogP contribution in [0.1, 0.15) is 46.1 Å². The highest BCUT2D eigenvalue weighted by Crippen LogP contribution is 2.40. The number of aryl methyl sites for hydroxylation is 1. The summed E-state index contributed by atoms with van der Waals surface area (Å²) in [4.78, 5) is 14.7. The molecular formula is C27H32N2O5S. The molecule has 0 aliphatic heterocycles. The number of nitrogens with one attached hydrogen (secondary N) is 2. The summed E-state index contributed by atoms with van der Waals surface area (Å²) in [6, 6.07) is 11.2. The van der Waals surface area contributed by atoms with Gasteiger partial charge in [0.15, 0.2) is 11.5 Å². The zero-order chi connectivity index (χ0) is 24.8. The highest BCUT2D eigenvalue weighted by molar-refractivity contribution is 7.16. The van der Waals surface area contributed by atoms with Crippen molar-refractivity contribution in [3.8, 4) is 23.0 Å². The Balaban J connectivity index is 1.59. The summed E-state index contributed by atoms with van der Waals surface area (Å²) in [5.41, 5.74) is 3.54. The van der Waals surface area contributed by atoms with Gasteiger partial charge in [0, 0.05) is 28.7 Å². The molecule has 0 atom stereocenters. The first-order valence-corrected chi connectivity index (χ1v) is 12.6. The molecule has 0 saturated carbocycles. The van der Waals surface area contributed by atoms with E-state index in [4.69, 9.17) is 18.9 Å². The van der Waals surface area contributed by atoms with Crippen LogP contribution in [-0.4, -0.2) is 33.8 Å². The number of amides is 1. The van der Waals surface area contributed by atoms with Crippen molar-refractivity contribution in [3.63, 3.8) is 0 Å². The smallest absolute Gasteiger partial charge is 0.258 e. The van der Waals surface area contributed by atoms with E-state index in [1.54, 1.807) is 32.7 Å². The third kappa shape index (κ3) is 5.48. The molecule has 35 heavy (non-hydrogen) atoms. The van der Waals surface area contributed by atoms with Gasteiger partial charge < -0.3 is 29.6 Å². The molecule has 186 valence electrons. The molecule has 0 spiro atoms. The molecule has 1 aliphatic rings. The van der Waals surface area contributed by atoms with Crippen molar-refractivity contribution in [2.75, 3.05) is 38.6 Å². The highest BCUT2D eigenvalue weighted by atomic mass is 32.1. The van der Waals surface area contributed by atoms with Crippen molar-refractivity contribution in [1.82, 2.24) is 0 Å². The van der Waals surface area contributed by atoms with Crippen LogP contribution in [-0.2, 0) is 19.4 Å². The monoisotopic (exact) mass is 496 g/mol. The summed E-state index contributed by atoms with van der Waals surface area (Å²) in [5, 5.41) is 7.45. The van der Waals surface area contributed by atoms with Crippen LogP contribution in [0, 0.1) is 0 Å². The summed E-state index contributed by atoms with van der Waals surface area (Å²) in [6.45, 7) is 3.03. The lowest BCUT2D eigenvalue weighted by molar-refractivity contribution is 0.102. The van der Waals surface area contributed by atoms with E-state index in [2.05, 4.69) is 10.6 Å². The molecule has 0 unspecified atom stereocenters. The third-order valence-corrected chi connectivity index (χ3v) is 7.30. The minimum atomic E-state index is -0.102. The molecule has 1 aromatic heterocycles. The number of hydrogen-bond acceptors (Lipinski definition) is 7. The van der Waals surface area contributed by atoms with E-state index in [1.165, 1.54) is 4.88 Å². The number of rotatable bonds is 10.